The summed E-state index contributed by atoms with van der Waals surface area (Å²) in [5.41, 5.74) is 0.957. The Kier molecular flexibility index (Phi) is 11.2. The summed E-state index contributed by atoms with van der Waals surface area (Å²) >= 11 is 15.7. The van der Waals surface area contributed by atoms with Gasteiger partial charge in [0.1, 0.15) is 12.6 Å². The molecule has 0 heterocycles. The van der Waals surface area contributed by atoms with Gasteiger partial charge < -0.3 is 10.2 Å². The van der Waals surface area contributed by atoms with Gasteiger partial charge in [0.2, 0.25) is 11.8 Å². The molecular weight excluding hydrogens is 625 g/mol. The van der Waals surface area contributed by atoms with Crippen LogP contribution in [0, 0.1) is 0 Å². The fraction of sp³-hybridized carbons (Fsp3) is 0.286. The Hall–Kier alpha value is -2.59. The highest BCUT2D eigenvalue weighted by atomic mass is 79.9. The molecule has 1 N–H and O–H groups in total. The number of halogens is 3. The van der Waals surface area contributed by atoms with Gasteiger partial charge in [-0.2, -0.15) is 0 Å². The summed E-state index contributed by atoms with van der Waals surface area (Å²) in [6, 6.07) is 18.8. The number of nitrogens with zero attached hydrogens (tertiary/aromatic N) is 2. The van der Waals surface area contributed by atoms with Crippen molar-refractivity contribution < 1.29 is 18.0 Å². The second kappa shape index (κ2) is 14.2. The first-order valence-corrected chi connectivity index (χ1v) is 15.4. The Balaban J connectivity index is 2.05. The van der Waals surface area contributed by atoms with Gasteiger partial charge in [-0.15, -0.1) is 0 Å². The molecule has 0 fully saturated rings. The molecule has 1 atom stereocenters. The molecule has 0 aliphatic rings. The maximum absolute atomic E-state index is 14.0. The van der Waals surface area contributed by atoms with Crippen LogP contribution in [-0.2, 0) is 26.2 Å². The van der Waals surface area contributed by atoms with Crippen LogP contribution >= 0.6 is 39.1 Å². The molecule has 3 aromatic rings. The predicted molar refractivity (Wildman–Crippen MR) is 160 cm³/mol. The van der Waals surface area contributed by atoms with Crippen LogP contribution in [0.2, 0.25) is 10.0 Å². The number of anilines is 1. The lowest BCUT2D eigenvalue weighted by atomic mass is 10.1. The molecule has 0 bridgehead atoms. The second-order valence-corrected chi connectivity index (χ2v) is 12.4. The highest BCUT2D eigenvalue weighted by Gasteiger charge is 2.33. The summed E-state index contributed by atoms with van der Waals surface area (Å²) in [4.78, 5) is 28.6. The summed E-state index contributed by atoms with van der Waals surface area (Å²) < 4.78 is 29.3. The molecule has 3 aromatic carbocycles. The zero-order chi connectivity index (χ0) is 28.6. The van der Waals surface area contributed by atoms with Crippen LogP contribution in [0.1, 0.15) is 32.3 Å². The molecule has 0 radical (unpaired) electrons. The SMILES string of the molecule is CCCNC(=O)C(CC)N(Cc1ccc(Cl)c(Cl)c1)C(=O)CN(c1cccc(Br)c1)S(=O)(=O)c1ccccc1. The van der Waals surface area contributed by atoms with E-state index in [1.807, 2.05) is 6.92 Å². The van der Waals surface area contributed by atoms with Crippen LogP contribution in [0.5, 0.6) is 0 Å². The van der Waals surface area contributed by atoms with E-state index in [0.717, 1.165) is 10.7 Å². The van der Waals surface area contributed by atoms with E-state index in [0.29, 0.717) is 38.7 Å². The molecule has 0 saturated carbocycles. The van der Waals surface area contributed by atoms with Crippen molar-refractivity contribution in [3.8, 4) is 0 Å². The molecule has 1 unspecified atom stereocenters. The Labute approximate surface area is 248 Å². The van der Waals surface area contributed by atoms with Gasteiger partial charge in [-0.25, -0.2) is 8.42 Å². The number of rotatable bonds is 12. The van der Waals surface area contributed by atoms with E-state index in [2.05, 4.69) is 21.2 Å². The topological polar surface area (TPSA) is 86.8 Å². The summed E-state index contributed by atoms with van der Waals surface area (Å²) in [5, 5.41) is 3.53. The third-order valence-electron chi connectivity index (χ3n) is 5.98. The molecule has 11 heteroatoms. The molecule has 3 rings (SSSR count). The van der Waals surface area contributed by atoms with Gasteiger partial charge in [-0.3, -0.25) is 13.9 Å². The minimum absolute atomic E-state index is 0.0332. The van der Waals surface area contributed by atoms with E-state index < -0.39 is 28.5 Å². The normalized spacial score (nSPS) is 12.0. The monoisotopic (exact) mass is 653 g/mol. The molecular formula is C28H30BrCl2N3O4S. The van der Waals surface area contributed by atoms with Crippen LogP contribution < -0.4 is 9.62 Å². The second-order valence-electron chi connectivity index (χ2n) is 8.79. The number of benzene rings is 3. The minimum atomic E-state index is -4.13. The van der Waals surface area contributed by atoms with Gasteiger partial charge in [0.05, 0.1) is 20.6 Å². The number of hydrogen-bond acceptors (Lipinski definition) is 4. The summed E-state index contributed by atoms with van der Waals surface area (Å²) in [6.07, 6.45) is 1.06. The highest BCUT2D eigenvalue weighted by Crippen LogP contribution is 2.28. The van der Waals surface area contributed by atoms with Crippen molar-refractivity contribution in [3.63, 3.8) is 0 Å². The zero-order valence-electron chi connectivity index (χ0n) is 21.6. The number of carbonyl (C=O) groups excluding carboxylic acids is 2. The fourth-order valence-corrected chi connectivity index (χ4v) is 6.13. The molecule has 0 aromatic heterocycles. The largest absolute Gasteiger partial charge is 0.354 e. The van der Waals surface area contributed by atoms with Gasteiger partial charge >= 0.3 is 0 Å². The van der Waals surface area contributed by atoms with Crippen molar-refractivity contribution in [2.45, 2.75) is 44.2 Å². The van der Waals surface area contributed by atoms with Crippen molar-refractivity contribution in [2.24, 2.45) is 0 Å². The van der Waals surface area contributed by atoms with Crippen molar-refractivity contribution in [1.82, 2.24) is 10.2 Å². The zero-order valence-corrected chi connectivity index (χ0v) is 25.5. The number of sulfonamides is 1. The first-order chi connectivity index (χ1) is 18.6. The van der Waals surface area contributed by atoms with Crippen LogP contribution in [0.25, 0.3) is 0 Å². The van der Waals surface area contributed by atoms with Gasteiger partial charge in [0, 0.05) is 17.6 Å². The van der Waals surface area contributed by atoms with Crippen LogP contribution in [0.15, 0.2) is 82.2 Å². The van der Waals surface area contributed by atoms with E-state index in [-0.39, 0.29) is 17.3 Å². The third kappa shape index (κ3) is 7.97. The first-order valence-electron chi connectivity index (χ1n) is 12.4. The average molecular weight is 655 g/mol. The van der Waals surface area contributed by atoms with E-state index in [1.165, 1.54) is 17.0 Å². The number of nitrogens with one attached hydrogen (secondary N) is 1. The van der Waals surface area contributed by atoms with Crippen LogP contribution in [0.4, 0.5) is 5.69 Å². The van der Waals surface area contributed by atoms with E-state index in [9.17, 15) is 18.0 Å². The van der Waals surface area contributed by atoms with Gasteiger partial charge in [-0.05, 0) is 60.9 Å². The number of amides is 2. The molecule has 0 spiro atoms. The quantitative estimate of drug-likeness (QED) is 0.249. The molecule has 0 aliphatic heterocycles. The van der Waals surface area contributed by atoms with Gasteiger partial charge in [0.25, 0.3) is 10.0 Å². The molecule has 0 aliphatic carbocycles. The van der Waals surface area contributed by atoms with Crippen molar-refractivity contribution in [2.75, 3.05) is 17.4 Å². The molecule has 7 nitrogen and oxygen atoms in total. The van der Waals surface area contributed by atoms with Crippen molar-refractivity contribution >= 4 is 66.7 Å². The summed E-state index contributed by atoms with van der Waals surface area (Å²) in [5.74, 6) is -0.855. The Morgan fingerprint density at radius 3 is 2.28 bits per heavy atom. The molecule has 208 valence electrons. The van der Waals surface area contributed by atoms with Crippen LogP contribution in [0.3, 0.4) is 0 Å². The first kappa shape index (κ1) is 30.9. The van der Waals surface area contributed by atoms with Crippen LogP contribution in [-0.4, -0.2) is 44.3 Å². The predicted octanol–water partition coefficient (Wildman–Crippen LogP) is 6.28. The lowest BCUT2D eigenvalue weighted by Crippen LogP contribution is -2.52. The Morgan fingerprint density at radius 2 is 1.67 bits per heavy atom. The van der Waals surface area contributed by atoms with Gasteiger partial charge in [-0.1, -0.05) is 83.3 Å². The van der Waals surface area contributed by atoms with E-state index in [4.69, 9.17) is 23.2 Å². The summed E-state index contributed by atoms with van der Waals surface area (Å²) in [6.45, 7) is 3.71. The number of hydrogen-bond donors (Lipinski definition) is 1. The Morgan fingerprint density at radius 1 is 0.949 bits per heavy atom. The molecule has 0 saturated heterocycles. The van der Waals surface area contributed by atoms with E-state index in [1.54, 1.807) is 67.6 Å². The smallest absolute Gasteiger partial charge is 0.264 e. The van der Waals surface area contributed by atoms with E-state index >= 15 is 0 Å². The minimum Gasteiger partial charge on any atom is -0.354 e. The maximum Gasteiger partial charge on any atom is 0.264 e. The van der Waals surface area contributed by atoms with Crippen molar-refractivity contribution in [3.05, 3.63) is 92.9 Å². The fourth-order valence-electron chi connectivity index (χ4n) is 4.00. The number of carbonyl (C=O) groups is 2. The average Bonchev–Trinajstić information content (AvgIpc) is 2.92. The van der Waals surface area contributed by atoms with Crippen molar-refractivity contribution in [1.29, 1.82) is 0 Å². The lowest BCUT2D eigenvalue weighted by Gasteiger charge is -2.33. The van der Waals surface area contributed by atoms with Gasteiger partial charge in [0.15, 0.2) is 0 Å². The standard InChI is InChI=1S/C28H30BrCl2N3O4S/c1-3-15-32-28(36)26(4-2)33(18-20-13-14-24(30)25(31)16-20)27(35)19-34(22-10-8-9-21(29)17-22)39(37,38)23-11-6-5-7-12-23/h5-14,16-17,26H,3-4,15,18-19H2,1-2H3,(H,32,36). The maximum atomic E-state index is 14.0. The third-order valence-corrected chi connectivity index (χ3v) is 9.00. The molecule has 39 heavy (non-hydrogen) atoms. The molecule has 2 amide bonds. The highest BCUT2D eigenvalue weighted by molar-refractivity contribution is 9.10. The lowest BCUT2D eigenvalue weighted by molar-refractivity contribution is -0.140. The Bertz CT molecular complexity index is 1410. The summed E-state index contributed by atoms with van der Waals surface area (Å²) in [7, 11) is -4.13.